The summed E-state index contributed by atoms with van der Waals surface area (Å²) in [5.74, 6) is 1.79. The number of para-hydroxylation sites is 1. The zero-order valence-electron chi connectivity index (χ0n) is 17.8. The highest BCUT2D eigenvalue weighted by molar-refractivity contribution is 5.95. The molecular weight excluding hydrogens is 360 g/mol. The van der Waals surface area contributed by atoms with Crippen LogP contribution in [0.1, 0.15) is 50.0 Å². The summed E-state index contributed by atoms with van der Waals surface area (Å²) < 4.78 is 1.80. The van der Waals surface area contributed by atoms with Gasteiger partial charge >= 0.3 is 0 Å². The van der Waals surface area contributed by atoms with Gasteiger partial charge in [0.1, 0.15) is 5.69 Å². The van der Waals surface area contributed by atoms with Crippen LogP contribution >= 0.6 is 0 Å². The van der Waals surface area contributed by atoms with Crippen molar-refractivity contribution >= 4 is 16.7 Å². The molecule has 0 bridgehead atoms. The van der Waals surface area contributed by atoms with E-state index < -0.39 is 0 Å². The molecule has 0 unspecified atom stereocenters. The quantitative estimate of drug-likeness (QED) is 0.582. The topological polar surface area (TPSA) is 53.9 Å². The number of hydrogen-bond acceptors (Lipinski definition) is 3. The molecule has 0 aliphatic carbocycles. The van der Waals surface area contributed by atoms with Crippen molar-refractivity contribution in [3.63, 3.8) is 0 Å². The summed E-state index contributed by atoms with van der Waals surface area (Å²) in [5, 5.41) is 5.65. The van der Waals surface area contributed by atoms with Gasteiger partial charge in [0.05, 0.1) is 11.4 Å². The number of aromatic amines is 1. The molecule has 3 aromatic rings. The highest BCUT2D eigenvalue weighted by Gasteiger charge is 2.21. The molecule has 0 spiro atoms. The van der Waals surface area contributed by atoms with Gasteiger partial charge in [-0.3, -0.25) is 9.48 Å². The molecule has 1 aliphatic heterocycles. The third kappa shape index (κ3) is 4.45. The molecule has 29 heavy (non-hydrogen) atoms. The zero-order valence-corrected chi connectivity index (χ0v) is 17.8. The minimum absolute atomic E-state index is 0.139. The molecule has 1 N–H and O–H groups in total. The lowest BCUT2D eigenvalue weighted by Crippen LogP contribution is -2.36. The molecule has 0 radical (unpaired) electrons. The summed E-state index contributed by atoms with van der Waals surface area (Å²) in [4.78, 5) is 18.6. The number of H-pyrrole nitrogens is 1. The highest BCUT2D eigenvalue weighted by Crippen LogP contribution is 2.26. The van der Waals surface area contributed by atoms with Crippen LogP contribution in [-0.2, 0) is 7.05 Å². The Morgan fingerprint density at radius 1 is 1.21 bits per heavy atom. The first-order chi connectivity index (χ1) is 14.0. The van der Waals surface area contributed by atoms with Gasteiger partial charge in [0.25, 0.3) is 0 Å². The van der Waals surface area contributed by atoms with Crippen LogP contribution in [0, 0.1) is 11.8 Å². The van der Waals surface area contributed by atoms with Crippen LogP contribution in [0.3, 0.4) is 0 Å². The lowest BCUT2D eigenvalue weighted by molar-refractivity contribution is 0.0962. The van der Waals surface area contributed by atoms with E-state index in [2.05, 4.69) is 47.0 Å². The first-order valence-corrected chi connectivity index (χ1v) is 10.9. The molecule has 1 aliphatic rings. The molecule has 2 aromatic heterocycles. The van der Waals surface area contributed by atoms with Crippen molar-refractivity contribution in [2.45, 2.75) is 39.5 Å². The molecule has 1 fully saturated rings. The van der Waals surface area contributed by atoms with Gasteiger partial charge in [0, 0.05) is 24.4 Å². The first-order valence-electron chi connectivity index (χ1n) is 10.9. The van der Waals surface area contributed by atoms with Crippen LogP contribution in [0.25, 0.3) is 22.3 Å². The second kappa shape index (κ2) is 8.54. The smallest absolute Gasteiger partial charge is 0.183 e. The number of ketones is 1. The number of benzene rings is 1. The third-order valence-electron chi connectivity index (χ3n) is 6.42. The number of hydrogen-bond donors (Lipinski definition) is 1. The average molecular weight is 393 g/mol. The minimum atomic E-state index is 0.139. The van der Waals surface area contributed by atoms with Crippen molar-refractivity contribution in [2.75, 3.05) is 19.6 Å². The molecule has 0 amide bonds. The van der Waals surface area contributed by atoms with Crippen LogP contribution in [0.4, 0.5) is 0 Å². The number of nitrogens with zero attached hydrogens (tertiary/aromatic N) is 3. The number of carbonyl (C=O) groups excluding carboxylic acids is 1. The SMILES string of the molecule is CC(C)C1CCN(CCCC(=O)c2cc(-c3cc4ccccc4[nH]3)n(C)n2)CC1. The van der Waals surface area contributed by atoms with Crippen LogP contribution in [-0.4, -0.2) is 45.1 Å². The normalized spacial score (nSPS) is 16.1. The summed E-state index contributed by atoms with van der Waals surface area (Å²) >= 11 is 0. The number of Topliss-reactive ketones (excluding diaryl/α,β-unsaturated/α-hetero) is 1. The third-order valence-corrected chi connectivity index (χ3v) is 6.42. The first kappa shape index (κ1) is 19.9. The largest absolute Gasteiger partial charge is 0.353 e. The van der Waals surface area contributed by atoms with E-state index >= 15 is 0 Å². The van der Waals surface area contributed by atoms with Gasteiger partial charge < -0.3 is 9.88 Å². The Morgan fingerprint density at radius 2 is 1.97 bits per heavy atom. The molecule has 5 nitrogen and oxygen atoms in total. The van der Waals surface area contributed by atoms with Crippen LogP contribution in [0.2, 0.25) is 0 Å². The van der Waals surface area contributed by atoms with Crippen molar-refractivity contribution in [2.24, 2.45) is 18.9 Å². The average Bonchev–Trinajstić information content (AvgIpc) is 3.31. The lowest BCUT2D eigenvalue weighted by atomic mass is 9.87. The molecule has 1 aromatic carbocycles. The number of rotatable bonds is 7. The summed E-state index contributed by atoms with van der Waals surface area (Å²) in [6.07, 6.45) is 4.05. The van der Waals surface area contributed by atoms with Crippen molar-refractivity contribution in [3.05, 3.63) is 42.1 Å². The van der Waals surface area contributed by atoms with Crippen LogP contribution in [0.5, 0.6) is 0 Å². The number of aryl methyl sites for hydroxylation is 1. The molecule has 3 heterocycles. The van der Waals surface area contributed by atoms with Gasteiger partial charge in [0.2, 0.25) is 0 Å². The number of piperidine rings is 1. The molecule has 154 valence electrons. The van der Waals surface area contributed by atoms with Crippen molar-refractivity contribution in [3.8, 4) is 11.4 Å². The minimum Gasteiger partial charge on any atom is -0.353 e. The van der Waals surface area contributed by atoms with E-state index in [9.17, 15) is 4.79 Å². The summed E-state index contributed by atoms with van der Waals surface area (Å²) in [6, 6.07) is 12.2. The zero-order chi connectivity index (χ0) is 20.4. The number of aromatic nitrogens is 3. The van der Waals surface area contributed by atoms with Crippen molar-refractivity contribution in [1.29, 1.82) is 0 Å². The Hall–Kier alpha value is -2.40. The predicted molar refractivity (Wildman–Crippen MR) is 118 cm³/mol. The van der Waals surface area contributed by atoms with Gasteiger partial charge in [-0.25, -0.2) is 0 Å². The fraction of sp³-hybridized carbons (Fsp3) is 0.500. The van der Waals surface area contributed by atoms with Gasteiger partial charge in [0.15, 0.2) is 5.78 Å². The number of likely N-dealkylation sites (tertiary alicyclic amines) is 1. The number of carbonyl (C=O) groups is 1. The summed E-state index contributed by atoms with van der Waals surface area (Å²) in [5.41, 5.74) is 3.60. The fourth-order valence-electron chi connectivity index (χ4n) is 4.50. The molecule has 5 heteroatoms. The second-order valence-corrected chi connectivity index (χ2v) is 8.76. The molecule has 4 rings (SSSR count). The van der Waals surface area contributed by atoms with Gasteiger partial charge in [-0.15, -0.1) is 0 Å². The van der Waals surface area contributed by atoms with E-state index in [0.717, 1.165) is 47.1 Å². The fourth-order valence-corrected chi connectivity index (χ4v) is 4.50. The predicted octanol–water partition coefficient (Wildman–Crippen LogP) is 4.90. The Labute approximate surface area is 173 Å². The van der Waals surface area contributed by atoms with Gasteiger partial charge in [-0.05, 0) is 68.9 Å². The summed E-state index contributed by atoms with van der Waals surface area (Å²) in [7, 11) is 1.90. The van der Waals surface area contributed by atoms with Crippen LogP contribution < -0.4 is 0 Å². The Balaban J connectivity index is 1.33. The molecular formula is C24H32N4O. The van der Waals surface area contributed by atoms with E-state index in [1.165, 1.54) is 25.9 Å². The number of fused-ring (bicyclic) bond motifs is 1. The maximum atomic E-state index is 12.7. The maximum absolute atomic E-state index is 12.7. The van der Waals surface area contributed by atoms with Crippen molar-refractivity contribution in [1.82, 2.24) is 19.7 Å². The molecule has 0 atom stereocenters. The Bertz CT molecular complexity index is 943. The monoisotopic (exact) mass is 392 g/mol. The van der Waals surface area contributed by atoms with E-state index in [0.29, 0.717) is 12.1 Å². The van der Waals surface area contributed by atoms with E-state index in [4.69, 9.17) is 0 Å². The Kier molecular flexibility index (Phi) is 5.86. The lowest BCUT2D eigenvalue weighted by Gasteiger charge is -2.33. The standard InChI is InChI=1S/C24H32N4O/c1-17(2)18-10-13-28(14-11-18)12-6-9-24(29)22-16-23(27(3)26-22)21-15-19-7-4-5-8-20(19)25-21/h4-5,7-8,15-18,25H,6,9-14H2,1-3H3. The Morgan fingerprint density at radius 3 is 2.69 bits per heavy atom. The van der Waals surface area contributed by atoms with E-state index in [-0.39, 0.29) is 5.78 Å². The number of nitrogens with one attached hydrogen (secondary N) is 1. The second-order valence-electron chi connectivity index (χ2n) is 8.76. The highest BCUT2D eigenvalue weighted by atomic mass is 16.1. The van der Waals surface area contributed by atoms with E-state index in [1.807, 2.05) is 25.2 Å². The van der Waals surface area contributed by atoms with Crippen molar-refractivity contribution < 1.29 is 4.79 Å². The van der Waals surface area contributed by atoms with Crippen LogP contribution in [0.15, 0.2) is 36.4 Å². The summed E-state index contributed by atoms with van der Waals surface area (Å²) in [6.45, 7) is 8.01. The molecule has 0 saturated carbocycles. The van der Waals surface area contributed by atoms with Gasteiger partial charge in [-0.1, -0.05) is 32.0 Å². The molecule has 1 saturated heterocycles. The van der Waals surface area contributed by atoms with Gasteiger partial charge in [-0.2, -0.15) is 5.10 Å². The maximum Gasteiger partial charge on any atom is 0.183 e. The van der Waals surface area contributed by atoms with E-state index in [1.54, 1.807) is 4.68 Å².